The van der Waals surface area contributed by atoms with Crippen LogP contribution in [0.15, 0.2) is 41.6 Å². The molecular weight excluding hydrogens is 388 g/mol. The van der Waals surface area contributed by atoms with Gasteiger partial charge in [-0.3, -0.25) is 0 Å². The summed E-state index contributed by atoms with van der Waals surface area (Å²) in [6.07, 6.45) is 0.836. The zero-order valence-electron chi connectivity index (χ0n) is 14.6. The first-order chi connectivity index (χ1) is 13.3. The number of fused-ring (bicyclic) bond motifs is 1. The number of hydrogen-bond donors (Lipinski definition) is 0. The van der Waals surface area contributed by atoms with Gasteiger partial charge < -0.3 is 14.2 Å². The molecule has 1 aliphatic rings. The maximum absolute atomic E-state index is 6.37. The van der Waals surface area contributed by atoms with Crippen LogP contribution in [-0.2, 0) is 5.75 Å². The number of nitrogens with zero attached hydrogens (tertiary/aromatic N) is 4. The molecule has 0 saturated heterocycles. The average molecular weight is 405 g/mol. The summed E-state index contributed by atoms with van der Waals surface area (Å²) in [5, 5.41) is 13.2. The van der Waals surface area contributed by atoms with Gasteiger partial charge in [0, 0.05) is 12.2 Å². The Balaban J connectivity index is 1.56. The fourth-order valence-corrected chi connectivity index (χ4v) is 3.84. The van der Waals surface area contributed by atoms with E-state index >= 15 is 0 Å². The smallest absolute Gasteiger partial charge is 0.214 e. The maximum Gasteiger partial charge on any atom is 0.214 e. The van der Waals surface area contributed by atoms with Crippen LogP contribution >= 0.6 is 23.4 Å². The fourth-order valence-electron chi connectivity index (χ4n) is 2.74. The molecule has 3 aromatic rings. The number of rotatable bonds is 5. The lowest BCUT2D eigenvalue weighted by atomic mass is 10.2. The Morgan fingerprint density at radius 3 is 2.96 bits per heavy atom. The van der Waals surface area contributed by atoms with Crippen molar-refractivity contribution in [2.75, 3.05) is 20.3 Å². The monoisotopic (exact) mass is 404 g/mol. The summed E-state index contributed by atoms with van der Waals surface area (Å²) < 4.78 is 18.5. The molecule has 0 spiro atoms. The van der Waals surface area contributed by atoms with Crippen molar-refractivity contribution in [3.8, 4) is 22.9 Å². The minimum Gasteiger partial charge on any atom is -0.494 e. The molecule has 4 rings (SSSR count). The molecule has 2 aromatic carbocycles. The highest BCUT2D eigenvalue weighted by molar-refractivity contribution is 7.98. The third-order valence-electron chi connectivity index (χ3n) is 3.98. The predicted octanol–water partition coefficient (Wildman–Crippen LogP) is 3.78. The second-order valence-corrected chi connectivity index (χ2v) is 7.14. The average Bonchev–Trinajstić information content (AvgIpc) is 3.02. The molecule has 0 fully saturated rings. The molecule has 0 N–H and O–H groups in total. The number of para-hydroxylation sites is 2. The molecule has 0 radical (unpaired) electrons. The number of thioether (sulfide) groups is 1. The third kappa shape index (κ3) is 3.81. The van der Waals surface area contributed by atoms with Crippen LogP contribution in [0.3, 0.4) is 0 Å². The summed E-state index contributed by atoms with van der Waals surface area (Å²) >= 11 is 7.87. The van der Waals surface area contributed by atoms with Crippen LogP contribution in [0.25, 0.3) is 5.69 Å². The Bertz CT molecular complexity index is 950. The molecule has 0 amide bonds. The van der Waals surface area contributed by atoms with E-state index in [1.165, 1.54) is 11.8 Å². The molecule has 140 valence electrons. The van der Waals surface area contributed by atoms with Crippen LogP contribution in [-0.4, -0.2) is 40.5 Å². The van der Waals surface area contributed by atoms with E-state index < -0.39 is 0 Å². The highest BCUT2D eigenvalue weighted by Crippen LogP contribution is 2.39. The molecule has 0 unspecified atom stereocenters. The molecule has 1 aromatic heterocycles. The Labute approximate surface area is 165 Å². The van der Waals surface area contributed by atoms with Gasteiger partial charge in [0.2, 0.25) is 5.16 Å². The Hall–Kier alpha value is -2.45. The second-order valence-electron chi connectivity index (χ2n) is 5.79. The zero-order chi connectivity index (χ0) is 18.6. The van der Waals surface area contributed by atoms with Crippen LogP contribution in [0.1, 0.15) is 12.0 Å². The quantitative estimate of drug-likeness (QED) is 0.599. The number of tetrazole rings is 1. The lowest BCUT2D eigenvalue weighted by Gasteiger charge is -2.12. The van der Waals surface area contributed by atoms with E-state index in [9.17, 15) is 0 Å². The number of methoxy groups -OCH3 is 1. The van der Waals surface area contributed by atoms with Crippen LogP contribution < -0.4 is 14.2 Å². The van der Waals surface area contributed by atoms with Crippen molar-refractivity contribution < 1.29 is 14.2 Å². The summed E-state index contributed by atoms with van der Waals surface area (Å²) in [7, 11) is 1.62. The Morgan fingerprint density at radius 1 is 1.22 bits per heavy atom. The maximum atomic E-state index is 6.37. The molecule has 1 aliphatic heterocycles. The van der Waals surface area contributed by atoms with Gasteiger partial charge in [0.15, 0.2) is 11.5 Å². The van der Waals surface area contributed by atoms with Crippen molar-refractivity contribution in [3.63, 3.8) is 0 Å². The van der Waals surface area contributed by atoms with E-state index in [1.54, 1.807) is 11.8 Å². The SMILES string of the molecule is COc1ccccc1-n1nnnc1SCc1cc(Cl)c2c(c1)OCCCO2. The number of halogens is 1. The molecule has 0 saturated carbocycles. The van der Waals surface area contributed by atoms with Crippen molar-refractivity contribution in [2.24, 2.45) is 0 Å². The van der Waals surface area contributed by atoms with Crippen molar-refractivity contribution in [2.45, 2.75) is 17.3 Å². The number of hydrogen-bond acceptors (Lipinski definition) is 7. The van der Waals surface area contributed by atoms with Crippen LogP contribution in [0.2, 0.25) is 5.02 Å². The van der Waals surface area contributed by atoms with Crippen molar-refractivity contribution in [1.29, 1.82) is 0 Å². The second kappa shape index (κ2) is 8.06. The van der Waals surface area contributed by atoms with E-state index in [2.05, 4.69) is 15.5 Å². The Morgan fingerprint density at radius 2 is 2.07 bits per heavy atom. The highest BCUT2D eigenvalue weighted by atomic mass is 35.5. The minimum atomic E-state index is 0.550. The fraction of sp³-hybridized carbons (Fsp3) is 0.278. The topological polar surface area (TPSA) is 71.3 Å². The summed E-state index contributed by atoms with van der Waals surface area (Å²) in [6.45, 7) is 1.22. The lowest BCUT2D eigenvalue weighted by Crippen LogP contribution is -2.02. The van der Waals surface area contributed by atoms with Gasteiger partial charge in [0.25, 0.3) is 0 Å². The van der Waals surface area contributed by atoms with Gasteiger partial charge in [0.1, 0.15) is 11.4 Å². The van der Waals surface area contributed by atoms with Crippen molar-refractivity contribution >= 4 is 23.4 Å². The number of aromatic nitrogens is 4. The molecule has 7 nitrogen and oxygen atoms in total. The normalized spacial score (nSPS) is 13.3. The standard InChI is InChI=1S/C18H17ClN4O3S/c1-24-15-6-3-2-5-14(15)23-18(20-21-22-23)27-11-12-9-13(19)17-16(10-12)25-7-4-8-26-17/h2-3,5-6,9-10H,4,7-8,11H2,1H3. The largest absolute Gasteiger partial charge is 0.494 e. The van der Waals surface area contributed by atoms with Crippen molar-refractivity contribution in [3.05, 3.63) is 47.0 Å². The first kappa shape index (κ1) is 17.9. The predicted molar refractivity (Wildman–Crippen MR) is 102 cm³/mol. The summed E-state index contributed by atoms with van der Waals surface area (Å²) in [6, 6.07) is 11.4. The van der Waals surface area contributed by atoms with E-state index in [1.807, 2.05) is 36.4 Å². The van der Waals surface area contributed by atoms with E-state index in [4.69, 9.17) is 25.8 Å². The molecule has 0 atom stereocenters. The first-order valence-corrected chi connectivity index (χ1v) is 9.75. The van der Waals surface area contributed by atoms with Crippen molar-refractivity contribution in [1.82, 2.24) is 20.2 Å². The van der Waals surface area contributed by atoms with Gasteiger partial charge in [-0.15, -0.1) is 5.10 Å². The molecule has 27 heavy (non-hydrogen) atoms. The highest BCUT2D eigenvalue weighted by Gasteiger charge is 2.17. The molecule has 9 heteroatoms. The summed E-state index contributed by atoms with van der Waals surface area (Å²) in [4.78, 5) is 0. The molecular formula is C18H17ClN4O3S. The van der Waals surface area contributed by atoms with Crippen LogP contribution in [0.4, 0.5) is 0 Å². The zero-order valence-corrected chi connectivity index (χ0v) is 16.2. The van der Waals surface area contributed by atoms with Gasteiger partial charge in [-0.2, -0.15) is 4.68 Å². The number of benzene rings is 2. The summed E-state index contributed by atoms with van der Waals surface area (Å²) in [5.74, 6) is 2.62. The van der Waals surface area contributed by atoms with E-state index in [-0.39, 0.29) is 0 Å². The van der Waals surface area contributed by atoms with E-state index in [0.717, 1.165) is 17.7 Å². The Kier molecular flexibility index (Phi) is 5.35. The van der Waals surface area contributed by atoms with Gasteiger partial charge in [-0.25, -0.2) is 0 Å². The van der Waals surface area contributed by atoms with Crippen LogP contribution in [0, 0.1) is 0 Å². The van der Waals surface area contributed by atoms with E-state index in [0.29, 0.717) is 46.4 Å². The first-order valence-electron chi connectivity index (χ1n) is 8.39. The third-order valence-corrected chi connectivity index (χ3v) is 5.26. The molecule has 0 aliphatic carbocycles. The van der Waals surface area contributed by atoms with Gasteiger partial charge >= 0.3 is 0 Å². The van der Waals surface area contributed by atoms with Gasteiger partial charge in [-0.1, -0.05) is 35.5 Å². The minimum absolute atomic E-state index is 0.550. The molecule has 0 bridgehead atoms. The summed E-state index contributed by atoms with van der Waals surface area (Å²) in [5.41, 5.74) is 1.79. The van der Waals surface area contributed by atoms with Gasteiger partial charge in [0.05, 0.1) is 25.3 Å². The lowest BCUT2D eigenvalue weighted by molar-refractivity contribution is 0.297. The van der Waals surface area contributed by atoms with Crippen LogP contribution in [0.5, 0.6) is 17.2 Å². The van der Waals surface area contributed by atoms with Gasteiger partial charge in [-0.05, 0) is 40.3 Å². The molecule has 2 heterocycles. The number of ether oxygens (including phenoxy) is 3.